The summed E-state index contributed by atoms with van der Waals surface area (Å²) in [5.41, 5.74) is 2.38. The molecule has 3 nitrogen and oxygen atoms in total. The normalized spacial score (nSPS) is 10.1. The summed E-state index contributed by atoms with van der Waals surface area (Å²) in [6.07, 6.45) is 0. The van der Waals surface area contributed by atoms with Crippen molar-refractivity contribution in [3.8, 4) is 11.5 Å². The topological polar surface area (TPSA) is 21.7 Å². The molecule has 0 aliphatic carbocycles. The van der Waals surface area contributed by atoms with E-state index in [2.05, 4.69) is 36.2 Å². The Kier molecular flexibility index (Phi) is 4.29. The minimum absolute atomic E-state index is 0.749. The van der Waals surface area contributed by atoms with Crippen molar-refractivity contribution in [2.45, 2.75) is 6.54 Å². The van der Waals surface area contributed by atoms with Gasteiger partial charge in [0.05, 0.1) is 14.2 Å². The van der Waals surface area contributed by atoms with Gasteiger partial charge in [-0.15, -0.1) is 0 Å². The van der Waals surface area contributed by atoms with Crippen LogP contribution in [0.1, 0.15) is 5.56 Å². The molecular formula is C16H19NO2. The van der Waals surface area contributed by atoms with Crippen molar-refractivity contribution in [1.82, 2.24) is 0 Å². The van der Waals surface area contributed by atoms with Crippen LogP contribution in [0.15, 0.2) is 48.5 Å². The predicted octanol–water partition coefficient (Wildman–Crippen LogP) is 3.34. The molecule has 0 aliphatic rings. The van der Waals surface area contributed by atoms with Crippen LogP contribution < -0.4 is 14.4 Å². The molecule has 0 amide bonds. The van der Waals surface area contributed by atoms with E-state index >= 15 is 0 Å². The second kappa shape index (κ2) is 6.14. The van der Waals surface area contributed by atoms with Crippen LogP contribution in [0.25, 0.3) is 0 Å². The molecule has 0 fully saturated rings. The summed E-state index contributed by atoms with van der Waals surface area (Å²) in [7, 11) is 5.36. The molecule has 0 saturated carbocycles. The number of methoxy groups -OCH3 is 2. The van der Waals surface area contributed by atoms with E-state index in [1.54, 1.807) is 14.2 Å². The molecule has 0 N–H and O–H groups in total. The molecule has 100 valence electrons. The number of hydrogen-bond donors (Lipinski definition) is 0. The van der Waals surface area contributed by atoms with Crippen molar-refractivity contribution in [3.05, 3.63) is 54.1 Å². The van der Waals surface area contributed by atoms with Crippen LogP contribution in [0, 0.1) is 0 Å². The smallest absolute Gasteiger partial charge is 0.162 e. The third kappa shape index (κ3) is 3.19. The Balaban J connectivity index is 2.17. The molecule has 2 rings (SSSR count). The van der Waals surface area contributed by atoms with Crippen LogP contribution in [-0.2, 0) is 6.54 Å². The lowest BCUT2D eigenvalue weighted by atomic mass is 10.2. The van der Waals surface area contributed by atoms with E-state index in [1.807, 2.05) is 24.3 Å². The third-order valence-electron chi connectivity index (χ3n) is 3.07. The minimum atomic E-state index is 0.749. The fourth-order valence-electron chi connectivity index (χ4n) is 2.01. The van der Waals surface area contributed by atoms with Crippen LogP contribution in [-0.4, -0.2) is 21.3 Å². The molecule has 0 spiro atoms. The summed E-state index contributed by atoms with van der Waals surface area (Å²) in [6.45, 7) is 0.857. The average molecular weight is 257 g/mol. The van der Waals surface area contributed by atoms with Crippen LogP contribution in [0.2, 0.25) is 0 Å². The zero-order chi connectivity index (χ0) is 13.7. The van der Waals surface area contributed by atoms with Gasteiger partial charge in [0.2, 0.25) is 0 Å². The zero-order valence-electron chi connectivity index (χ0n) is 11.6. The van der Waals surface area contributed by atoms with Crippen molar-refractivity contribution in [1.29, 1.82) is 0 Å². The summed E-state index contributed by atoms with van der Waals surface area (Å²) in [5, 5.41) is 0. The maximum atomic E-state index is 5.33. The molecular weight excluding hydrogens is 238 g/mol. The molecule has 0 aromatic heterocycles. The van der Waals surface area contributed by atoms with E-state index in [-0.39, 0.29) is 0 Å². The zero-order valence-corrected chi connectivity index (χ0v) is 11.6. The standard InChI is InChI=1S/C16H19NO2/c1-17(12-13-7-5-4-6-8-13)14-9-10-15(18-2)16(11-14)19-3/h4-11H,12H2,1-3H3. The predicted molar refractivity (Wildman–Crippen MR) is 78.1 cm³/mol. The maximum absolute atomic E-state index is 5.33. The Bertz CT molecular complexity index is 526. The minimum Gasteiger partial charge on any atom is -0.493 e. The van der Waals surface area contributed by atoms with Gasteiger partial charge in [0.25, 0.3) is 0 Å². The number of benzene rings is 2. The van der Waals surface area contributed by atoms with Crippen LogP contribution in [0.5, 0.6) is 11.5 Å². The Morgan fingerprint density at radius 2 is 1.58 bits per heavy atom. The SMILES string of the molecule is COc1ccc(N(C)Cc2ccccc2)cc1OC. The Morgan fingerprint density at radius 1 is 0.895 bits per heavy atom. The lowest BCUT2D eigenvalue weighted by Gasteiger charge is -2.20. The highest BCUT2D eigenvalue weighted by Crippen LogP contribution is 2.31. The fourth-order valence-corrected chi connectivity index (χ4v) is 2.01. The molecule has 0 atom stereocenters. The molecule has 2 aromatic carbocycles. The van der Waals surface area contributed by atoms with Gasteiger partial charge in [0, 0.05) is 25.3 Å². The number of anilines is 1. The highest BCUT2D eigenvalue weighted by Gasteiger charge is 2.08. The van der Waals surface area contributed by atoms with E-state index < -0.39 is 0 Å². The van der Waals surface area contributed by atoms with E-state index in [1.165, 1.54) is 5.56 Å². The average Bonchev–Trinajstić information content (AvgIpc) is 2.47. The Labute approximate surface area is 114 Å². The molecule has 0 radical (unpaired) electrons. The first kappa shape index (κ1) is 13.3. The van der Waals surface area contributed by atoms with Gasteiger partial charge in [-0.1, -0.05) is 30.3 Å². The van der Waals surface area contributed by atoms with Gasteiger partial charge in [-0.2, -0.15) is 0 Å². The number of nitrogens with zero attached hydrogens (tertiary/aromatic N) is 1. The number of ether oxygens (including phenoxy) is 2. The van der Waals surface area contributed by atoms with Gasteiger partial charge >= 0.3 is 0 Å². The van der Waals surface area contributed by atoms with Gasteiger partial charge < -0.3 is 14.4 Å². The molecule has 3 heteroatoms. The Hall–Kier alpha value is -2.16. The van der Waals surface area contributed by atoms with E-state index in [0.717, 1.165) is 23.7 Å². The first-order valence-corrected chi connectivity index (χ1v) is 6.21. The fraction of sp³-hybridized carbons (Fsp3) is 0.250. The third-order valence-corrected chi connectivity index (χ3v) is 3.07. The second-order valence-electron chi connectivity index (χ2n) is 4.38. The van der Waals surface area contributed by atoms with E-state index in [0.29, 0.717) is 0 Å². The monoisotopic (exact) mass is 257 g/mol. The lowest BCUT2D eigenvalue weighted by molar-refractivity contribution is 0.355. The quantitative estimate of drug-likeness (QED) is 0.820. The van der Waals surface area contributed by atoms with Crippen molar-refractivity contribution in [2.24, 2.45) is 0 Å². The highest BCUT2D eigenvalue weighted by molar-refractivity contribution is 5.56. The van der Waals surface area contributed by atoms with Crippen molar-refractivity contribution in [3.63, 3.8) is 0 Å². The second-order valence-corrected chi connectivity index (χ2v) is 4.38. The molecule has 0 bridgehead atoms. The molecule has 0 unspecified atom stereocenters. The van der Waals surface area contributed by atoms with Gasteiger partial charge in [0.1, 0.15) is 0 Å². The van der Waals surface area contributed by atoms with Crippen molar-refractivity contribution >= 4 is 5.69 Å². The van der Waals surface area contributed by atoms with Crippen molar-refractivity contribution in [2.75, 3.05) is 26.2 Å². The number of hydrogen-bond acceptors (Lipinski definition) is 3. The van der Waals surface area contributed by atoms with Gasteiger partial charge in [-0.25, -0.2) is 0 Å². The molecule has 2 aromatic rings. The van der Waals surface area contributed by atoms with Gasteiger partial charge in [0.15, 0.2) is 11.5 Å². The first-order valence-electron chi connectivity index (χ1n) is 6.21. The summed E-state index contributed by atoms with van der Waals surface area (Å²) in [4.78, 5) is 2.18. The summed E-state index contributed by atoms with van der Waals surface area (Å²) in [6, 6.07) is 16.3. The van der Waals surface area contributed by atoms with Gasteiger partial charge in [-0.3, -0.25) is 0 Å². The Morgan fingerprint density at radius 3 is 2.21 bits per heavy atom. The summed E-state index contributed by atoms with van der Waals surface area (Å²) in [5.74, 6) is 1.50. The lowest BCUT2D eigenvalue weighted by Crippen LogP contribution is -2.16. The molecule has 0 heterocycles. The van der Waals surface area contributed by atoms with Gasteiger partial charge in [-0.05, 0) is 17.7 Å². The summed E-state index contributed by atoms with van der Waals surface area (Å²) >= 11 is 0. The van der Waals surface area contributed by atoms with Crippen LogP contribution in [0.4, 0.5) is 5.69 Å². The maximum Gasteiger partial charge on any atom is 0.162 e. The van der Waals surface area contributed by atoms with E-state index in [9.17, 15) is 0 Å². The van der Waals surface area contributed by atoms with Crippen LogP contribution >= 0.6 is 0 Å². The van der Waals surface area contributed by atoms with Crippen LogP contribution in [0.3, 0.4) is 0 Å². The summed E-state index contributed by atoms with van der Waals surface area (Å²) < 4.78 is 10.6. The first-order chi connectivity index (χ1) is 9.24. The highest BCUT2D eigenvalue weighted by atomic mass is 16.5. The number of rotatable bonds is 5. The largest absolute Gasteiger partial charge is 0.493 e. The van der Waals surface area contributed by atoms with E-state index in [4.69, 9.17) is 9.47 Å². The molecule has 19 heavy (non-hydrogen) atoms. The molecule has 0 aliphatic heterocycles. The van der Waals surface area contributed by atoms with Crippen molar-refractivity contribution < 1.29 is 9.47 Å². The molecule has 0 saturated heterocycles.